The van der Waals surface area contributed by atoms with Crippen LogP contribution in [0.3, 0.4) is 0 Å². The second-order valence-corrected chi connectivity index (χ2v) is 24.5. The maximum atomic E-state index is 12.5. The summed E-state index contributed by atoms with van der Waals surface area (Å²) < 4.78 is 24.5. The summed E-state index contributed by atoms with van der Waals surface area (Å²) in [6.07, 6.45) is 10.0. The molecule has 9 nitrogen and oxygen atoms in total. The molecule has 14 aromatic rings. The molecule has 1 atom stereocenters. The van der Waals surface area contributed by atoms with Gasteiger partial charge in [-0.1, -0.05) is 201 Å². The van der Waals surface area contributed by atoms with Gasteiger partial charge in [0.2, 0.25) is 0 Å². The molecule has 3 heterocycles. The van der Waals surface area contributed by atoms with Crippen LogP contribution in [0.25, 0.3) is 55.2 Å². The SMILES string of the molecule is CCCCCCOc1ccc(C2(c3ccc(OCCOc4ccc(CNCc5ccc(COc6ccc(C(=O)c7ccc[n-]7)cc6)cc5)cc4)cc3)c3ccccc3-c3ccc(C)cc32)cc1.[Ir+3].[c-]1ccccc1-c1nccc2ccccc12.[c-]1ccccc1-c1nccc2ccccc12. The van der Waals surface area contributed by atoms with Crippen LogP contribution in [0.15, 0.2) is 304 Å². The molecular formula is C90H77IrN4O5. The van der Waals surface area contributed by atoms with E-state index in [9.17, 15) is 4.79 Å². The first-order valence-electron chi connectivity index (χ1n) is 34.0. The second kappa shape index (κ2) is 34.0. The van der Waals surface area contributed by atoms with Crippen molar-refractivity contribution in [3.63, 3.8) is 0 Å². The fraction of sp³-hybridized carbons (Fsp3) is 0.144. The van der Waals surface area contributed by atoms with Gasteiger partial charge in [0.05, 0.1) is 12.0 Å². The molecule has 496 valence electrons. The summed E-state index contributed by atoms with van der Waals surface area (Å²) in [5.74, 6) is 3.14. The van der Waals surface area contributed by atoms with Crippen molar-refractivity contribution in [3.8, 4) is 56.6 Å². The first-order valence-corrected chi connectivity index (χ1v) is 34.0. The normalized spacial score (nSPS) is 12.5. The maximum absolute atomic E-state index is 12.5. The molecule has 11 aromatic carbocycles. The molecule has 0 fully saturated rings. The molecule has 1 aliphatic rings. The standard InChI is InChI=1S/C60H58N2O5.2C15H10N.Ir/c1-3-4-5-8-36-64-51-30-22-48(23-31-51)60(56-11-7-6-10-54(56)55-34-13-43(2)39-57(55)60)49-24-32-52(33-25-49)66-38-37-65-50-26-18-45(19-27-50)41-61-40-44-14-16-46(17-15-44)42-67-53-28-20-47(21-29-53)59(63)58-12-9-35-62-58;2*1-2-7-13(8-3-1)15-14-9-5-4-6-12(14)10-11-16-15;/h6-7,9-35,39,61H,3-5,8,36-38,40-42H2,1-2H3,(H,62,63);2*1-7,9-11H;/q;2*-1;+3/p-1. The van der Waals surface area contributed by atoms with Crippen LogP contribution in [-0.4, -0.2) is 35.6 Å². The number of hydrogen-bond acceptors (Lipinski definition) is 8. The predicted octanol–water partition coefficient (Wildman–Crippen LogP) is 20.2. The summed E-state index contributed by atoms with van der Waals surface area (Å²) in [5.41, 5.74) is 16.8. The van der Waals surface area contributed by atoms with Crippen molar-refractivity contribution in [3.05, 3.63) is 372 Å². The van der Waals surface area contributed by atoms with Crippen molar-refractivity contribution in [2.24, 2.45) is 0 Å². The monoisotopic (exact) mass is 1490 g/mol. The van der Waals surface area contributed by atoms with E-state index >= 15 is 0 Å². The third kappa shape index (κ3) is 16.6. The van der Waals surface area contributed by atoms with Gasteiger partial charge in [-0.05, 0) is 169 Å². The predicted molar refractivity (Wildman–Crippen MR) is 399 cm³/mol. The topological polar surface area (TPSA) is 106 Å². The van der Waals surface area contributed by atoms with E-state index in [1.165, 1.54) is 90.9 Å². The fourth-order valence-corrected chi connectivity index (χ4v) is 12.8. The van der Waals surface area contributed by atoms with E-state index in [-0.39, 0.29) is 25.9 Å². The third-order valence-corrected chi connectivity index (χ3v) is 17.9. The largest absolute Gasteiger partial charge is 3.00 e. The number of ketones is 1. The van der Waals surface area contributed by atoms with Crippen LogP contribution in [0.2, 0.25) is 0 Å². The number of aryl methyl sites for hydroxylation is 1. The summed E-state index contributed by atoms with van der Waals surface area (Å²) in [5, 5.41) is 8.31. The number of pyridine rings is 2. The van der Waals surface area contributed by atoms with E-state index in [0.717, 1.165) is 71.4 Å². The molecule has 0 aliphatic heterocycles. The van der Waals surface area contributed by atoms with Crippen LogP contribution < -0.4 is 29.2 Å². The van der Waals surface area contributed by atoms with Crippen molar-refractivity contribution >= 4 is 27.3 Å². The van der Waals surface area contributed by atoms with Crippen molar-refractivity contribution < 1.29 is 43.8 Å². The summed E-state index contributed by atoms with van der Waals surface area (Å²) in [4.78, 5) is 25.5. The van der Waals surface area contributed by atoms with Crippen molar-refractivity contribution in [2.45, 2.75) is 64.6 Å². The number of ether oxygens (including phenoxy) is 4. The van der Waals surface area contributed by atoms with Crippen LogP contribution in [0.1, 0.15) is 93.2 Å². The van der Waals surface area contributed by atoms with Crippen molar-refractivity contribution in [1.29, 1.82) is 0 Å². The number of nitrogens with one attached hydrogen (secondary N) is 1. The minimum atomic E-state index is -0.494. The number of benzene rings is 11. The molecular weight excluding hydrogens is 1410 g/mol. The van der Waals surface area contributed by atoms with Crippen molar-refractivity contribution in [2.75, 3.05) is 19.8 Å². The van der Waals surface area contributed by atoms with Gasteiger partial charge in [0.25, 0.3) is 0 Å². The number of carbonyl (C=O) groups excluding carboxylic acids is 1. The zero-order valence-electron chi connectivity index (χ0n) is 56.2. The average Bonchev–Trinajstić information content (AvgIpc) is 1.54. The average molecular weight is 1490 g/mol. The number of carbonyl (C=O) groups is 1. The quantitative estimate of drug-likeness (QED) is 0.0360. The van der Waals surface area contributed by atoms with E-state index in [1.807, 2.05) is 122 Å². The number of nitrogens with zero attached hydrogens (tertiary/aromatic N) is 3. The summed E-state index contributed by atoms with van der Waals surface area (Å²) in [6, 6.07) is 103. The molecule has 0 saturated heterocycles. The summed E-state index contributed by atoms with van der Waals surface area (Å²) in [6.45, 7) is 7.93. The van der Waals surface area contributed by atoms with Crippen LogP contribution in [0.4, 0.5) is 0 Å². The Morgan fingerprint density at radius 1 is 0.460 bits per heavy atom. The van der Waals surface area contributed by atoms with E-state index < -0.39 is 5.41 Å². The number of unbranched alkanes of at least 4 members (excludes halogenated alkanes) is 3. The minimum absolute atomic E-state index is 0. The molecule has 1 aliphatic carbocycles. The molecule has 3 aromatic heterocycles. The molecule has 100 heavy (non-hydrogen) atoms. The Hall–Kier alpha value is -11.0. The first-order chi connectivity index (χ1) is 48.9. The number of rotatable bonds is 24. The molecule has 0 radical (unpaired) electrons. The number of fused-ring (bicyclic) bond motifs is 5. The van der Waals surface area contributed by atoms with Gasteiger partial charge in [-0.25, -0.2) is 0 Å². The third-order valence-electron chi connectivity index (χ3n) is 17.9. The minimum Gasteiger partial charge on any atom is -0.661 e. The van der Waals surface area contributed by atoms with E-state index in [4.69, 9.17) is 18.9 Å². The Morgan fingerprint density at radius 3 is 1.52 bits per heavy atom. The van der Waals surface area contributed by atoms with E-state index in [1.54, 1.807) is 30.5 Å². The van der Waals surface area contributed by atoms with E-state index in [0.29, 0.717) is 36.8 Å². The molecule has 0 spiro atoms. The Bertz CT molecular complexity index is 4770. The van der Waals surface area contributed by atoms with E-state index in [2.05, 4.69) is 198 Å². The van der Waals surface area contributed by atoms with Crippen LogP contribution in [-0.2, 0) is 45.2 Å². The smallest absolute Gasteiger partial charge is 0.661 e. The zero-order valence-corrected chi connectivity index (χ0v) is 58.5. The Balaban J connectivity index is 0.000000231. The van der Waals surface area contributed by atoms with Gasteiger partial charge >= 0.3 is 20.1 Å². The van der Waals surface area contributed by atoms with Crippen molar-refractivity contribution in [1.82, 2.24) is 20.3 Å². The Morgan fingerprint density at radius 2 is 0.960 bits per heavy atom. The van der Waals surface area contributed by atoms with Gasteiger partial charge in [0, 0.05) is 31.0 Å². The molecule has 1 N–H and O–H groups in total. The zero-order chi connectivity index (χ0) is 67.4. The molecule has 15 rings (SSSR count). The first kappa shape index (κ1) is 68.9. The van der Waals surface area contributed by atoms with Gasteiger partial charge in [0.15, 0.2) is 5.78 Å². The molecule has 0 bridgehead atoms. The fourth-order valence-electron chi connectivity index (χ4n) is 12.8. The van der Waals surface area contributed by atoms with Gasteiger partial charge in [-0.3, -0.25) is 4.79 Å². The van der Waals surface area contributed by atoms with Gasteiger partial charge in [-0.15, -0.1) is 71.8 Å². The second-order valence-electron chi connectivity index (χ2n) is 24.5. The molecule has 0 saturated carbocycles. The Labute approximate surface area is 600 Å². The van der Waals surface area contributed by atoms with Crippen LogP contribution in [0, 0.1) is 19.1 Å². The summed E-state index contributed by atoms with van der Waals surface area (Å²) in [7, 11) is 0. The van der Waals surface area contributed by atoms with Gasteiger partial charge in [0.1, 0.15) is 42.8 Å². The molecule has 10 heteroatoms. The number of hydrogen-bond donors (Lipinski definition) is 1. The van der Waals surface area contributed by atoms with Crippen LogP contribution in [0.5, 0.6) is 23.0 Å². The van der Waals surface area contributed by atoms with Gasteiger partial charge in [-0.2, -0.15) is 6.20 Å². The van der Waals surface area contributed by atoms with Crippen LogP contribution >= 0.6 is 0 Å². The summed E-state index contributed by atoms with van der Waals surface area (Å²) >= 11 is 0. The van der Waals surface area contributed by atoms with Gasteiger partial charge < -0.3 is 39.2 Å². The number of aromatic nitrogens is 3. The molecule has 1 unspecified atom stereocenters. The Kier molecular flexibility index (Phi) is 23.4. The molecule has 0 amide bonds. The maximum Gasteiger partial charge on any atom is 3.00 e.